The van der Waals surface area contributed by atoms with E-state index in [4.69, 9.17) is 20.2 Å². The number of hydrogen-bond donors (Lipinski definition) is 0. The molecule has 130 valence electrons. The second-order valence-corrected chi connectivity index (χ2v) is 11.7. The molecule has 0 aliphatic heterocycles. The molecule has 0 aliphatic carbocycles. The predicted octanol–water partition coefficient (Wildman–Crippen LogP) is 7.45. The van der Waals surface area contributed by atoms with Crippen molar-refractivity contribution in [2.24, 2.45) is 0 Å². The van der Waals surface area contributed by atoms with Gasteiger partial charge in [-0.05, 0) is 10.3 Å². The van der Waals surface area contributed by atoms with E-state index >= 15 is 0 Å². The third-order valence-electron chi connectivity index (χ3n) is 1.86. The van der Waals surface area contributed by atoms with Crippen molar-refractivity contribution >= 4 is 28.8 Å². The van der Waals surface area contributed by atoms with Gasteiger partial charge in [0.15, 0.2) is 0 Å². The second-order valence-electron chi connectivity index (χ2n) is 6.60. The van der Waals surface area contributed by atoms with Crippen LogP contribution < -0.4 is 0 Å². The van der Waals surface area contributed by atoms with Gasteiger partial charge < -0.3 is 0 Å². The van der Waals surface area contributed by atoms with E-state index in [2.05, 4.69) is 41.5 Å². The van der Waals surface area contributed by atoms with Crippen LogP contribution >= 0.6 is 28.8 Å². The smallest absolute Gasteiger partial charge is 0.172 e. The van der Waals surface area contributed by atoms with Crippen molar-refractivity contribution in [3.63, 3.8) is 0 Å². The summed E-state index contributed by atoms with van der Waals surface area (Å²) in [6.07, 6.45) is 0. The summed E-state index contributed by atoms with van der Waals surface area (Å²) in [6.45, 7) is 13.8. The van der Waals surface area contributed by atoms with Gasteiger partial charge in [0.1, 0.15) is 0 Å². The van der Waals surface area contributed by atoms with Crippen molar-refractivity contribution in [2.45, 2.75) is 51.9 Å². The van der Waals surface area contributed by atoms with E-state index in [1.165, 1.54) is 0 Å². The Kier molecular flexibility index (Phi) is 16.5. The van der Waals surface area contributed by atoms with Gasteiger partial charge in [-0.3, -0.25) is 0 Å². The molecule has 0 saturated carbocycles. The van der Waals surface area contributed by atoms with E-state index < -0.39 is 0 Å². The zero-order valence-electron chi connectivity index (χ0n) is 14.4. The van der Waals surface area contributed by atoms with Gasteiger partial charge in [0.05, 0.1) is 0 Å². The molecule has 2 rings (SSSR count). The van der Waals surface area contributed by atoms with Gasteiger partial charge >= 0.3 is 33.3 Å². The molecule has 0 nitrogen and oxygen atoms in total. The maximum absolute atomic E-state index is 4.76. The summed E-state index contributed by atoms with van der Waals surface area (Å²) in [5, 5.41) is 1.02. The minimum atomic E-state index is 0.194. The van der Waals surface area contributed by atoms with Gasteiger partial charge in [0.25, 0.3) is 0 Å². The van der Waals surface area contributed by atoms with Gasteiger partial charge in [-0.1, -0.05) is 41.5 Å². The van der Waals surface area contributed by atoms with Gasteiger partial charge in [-0.25, -0.2) is 24.3 Å². The summed E-state index contributed by atoms with van der Waals surface area (Å²) in [5.41, 5.74) is 0. The molecule has 22 heavy (non-hydrogen) atoms. The molecule has 0 amide bonds. The van der Waals surface area contributed by atoms with Gasteiger partial charge in [-0.2, -0.15) is 36.4 Å². The minimum absolute atomic E-state index is 0.194. The topological polar surface area (TPSA) is 0 Å². The third-order valence-corrected chi connectivity index (χ3v) is 3.36. The zero-order valence-corrected chi connectivity index (χ0v) is 18.0. The van der Waals surface area contributed by atoms with Gasteiger partial charge in [0.2, 0.25) is 0 Å². The van der Waals surface area contributed by atoms with Gasteiger partial charge in [-0.15, -0.1) is 8.58 Å². The molecule has 0 bridgehead atoms. The van der Waals surface area contributed by atoms with Gasteiger partial charge in [0, 0.05) is 0 Å². The molecule has 0 unspecified atom stereocenters. The maximum Gasteiger partial charge on any atom is -0.172 e. The molecule has 0 N–H and O–H groups in total. The second kappa shape index (κ2) is 14.8. The Morgan fingerprint density at radius 3 is 0.955 bits per heavy atom. The fraction of sp³-hybridized carbons (Fsp3) is 0.444. The van der Waals surface area contributed by atoms with E-state index in [-0.39, 0.29) is 13.1 Å². The minimum Gasteiger partial charge on any atom is -0.214 e. The molecule has 2 aromatic carbocycles. The molecule has 0 aromatic heterocycles. The zero-order chi connectivity index (χ0) is 17.5. The van der Waals surface area contributed by atoms with Crippen molar-refractivity contribution in [1.29, 1.82) is 0 Å². The molecule has 0 fully saturated rings. The van der Waals surface area contributed by atoms with Crippen molar-refractivity contribution in [1.82, 2.24) is 0 Å². The summed E-state index contributed by atoms with van der Waals surface area (Å²) in [6, 6.07) is 20.0. The normalized spacial score (nSPS) is 10.4. The molecule has 0 atom stereocenters. The number of hydrogen-bond acceptors (Lipinski definition) is 0. The van der Waals surface area contributed by atoms with Crippen LogP contribution in [0, 0.1) is 0 Å². The van der Waals surface area contributed by atoms with Crippen LogP contribution in [0.1, 0.15) is 41.5 Å². The molecular weight excluding hydrogens is 374 g/mol. The molecule has 4 heteroatoms. The van der Waals surface area contributed by atoms with Crippen molar-refractivity contribution in [3.05, 3.63) is 60.7 Å². The Morgan fingerprint density at radius 2 is 0.909 bits per heavy atom. The summed E-state index contributed by atoms with van der Waals surface area (Å²) >= 11 is 0.194. The Morgan fingerprint density at radius 1 is 0.682 bits per heavy atom. The maximum atomic E-state index is 4.76. The van der Waals surface area contributed by atoms with Crippen molar-refractivity contribution < 1.29 is 13.1 Å². The first-order chi connectivity index (χ1) is 10.1. The molecule has 0 radical (unpaired) electrons. The Hall–Kier alpha value is 0.229. The Labute approximate surface area is 154 Å². The average Bonchev–Trinajstić information content (AvgIpc) is 3.06. The molecule has 0 spiro atoms. The Balaban J connectivity index is 0. The van der Waals surface area contributed by atoms with Crippen LogP contribution in [0.15, 0.2) is 60.7 Å². The first kappa shape index (κ1) is 24.5. The van der Waals surface area contributed by atoms with Crippen LogP contribution in [0.25, 0.3) is 0 Å². The summed E-state index contributed by atoms with van der Waals surface area (Å²) in [5.74, 6) is 0. The first-order valence-electron chi connectivity index (χ1n) is 7.10. The summed E-state index contributed by atoms with van der Waals surface area (Å²) < 4.78 is 0. The molecule has 0 saturated heterocycles. The van der Waals surface area contributed by atoms with E-state index in [1.54, 1.807) is 0 Å². The van der Waals surface area contributed by atoms with Crippen LogP contribution in [0.3, 0.4) is 0 Å². The van der Waals surface area contributed by atoms with E-state index in [0.717, 1.165) is 8.58 Å². The quantitative estimate of drug-likeness (QED) is 0.244. The van der Waals surface area contributed by atoms with Crippen molar-refractivity contribution in [2.75, 3.05) is 0 Å². The summed E-state index contributed by atoms with van der Waals surface area (Å²) in [4.78, 5) is 0. The van der Waals surface area contributed by atoms with E-state index in [1.807, 2.05) is 60.7 Å². The first-order valence-corrected chi connectivity index (χ1v) is 11.1. The molecule has 0 aliphatic rings. The SMILES string of the molecule is CC(C)(C)PC(C)(C)C.[Cl][Fe][Cl].c1cc[cH-]c1.c1cc[cH-]c1. The van der Waals surface area contributed by atoms with Crippen molar-refractivity contribution in [3.8, 4) is 0 Å². The van der Waals surface area contributed by atoms with Crippen LogP contribution in [0.4, 0.5) is 0 Å². The Bertz CT molecular complexity index is 311. The summed E-state index contributed by atoms with van der Waals surface area (Å²) in [7, 11) is 10.6. The number of rotatable bonds is 0. The molecular formula is C18H29Cl2FeP-2. The third kappa shape index (κ3) is 28.4. The largest absolute Gasteiger partial charge is 0.214 e. The van der Waals surface area contributed by atoms with E-state index in [9.17, 15) is 0 Å². The average molecular weight is 403 g/mol. The number of halogens is 2. The van der Waals surface area contributed by atoms with Crippen LogP contribution in [0.5, 0.6) is 0 Å². The van der Waals surface area contributed by atoms with E-state index in [0.29, 0.717) is 10.3 Å². The van der Waals surface area contributed by atoms with Crippen LogP contribution in [0.2, 0.25) is 0 Å². The van der Waals surface area contributed by atoms with Crippen LogP contribution in [-0.2, 0) is 13.1 Å². The van der Waals surface area contributed by atoms with Crippen LogP contribution in [-0.4, -0.2) is 10.3 Å². The predicted molar refractivity (Wildman–Crippen MR) is 104 cm³/mol. The molecule has 2 aromatic rings. The fourth-order valence-corrected chi connectivity index (χ4v) is 4.02. The monoisotopic (exact) mass is 402 g/mol. The standard InChI is InChI=1S/C8H19P.2C5H5.2ClH.Fe/c1-7(2,3)9-8(4,5)6;2*1-2-4-5-3-1;;;/h9H,1-6H3;2*1-5H;2*1H;/q;2*-1;;;+2/p-2. The molecule has 0 heterocycles. The fourth-order valence-electron chi connectivity index (χ4n) is 1.77.